The van der Waals surface area contributed by atoms with Crippen LogP contribution in [0.2, 0.25) is 0 Å². The summed E-state index contributed by atoms with van der Waals surface area (Å²) in [5.74, 6) is 3.08. The van der Waals surface area contributed by atoms with Gasteiger partial charge in [0.1, 0.15) is 0 Å². The number of fused-ring (bicyclic) bond motifs is 5. The van der Waals surface area contributed by atoms with Crippen LogP contribution < -0.4 is 10.8 Å². The van der Waals surface area contributed by atoms with Crippen LogP contribution in [-0.2, 0) is 9.63 Å². The molecule has 3 saturated carbocycles. The Kier molecular flexibility index (Phi) is 4.86. The molecule has 4 heteroatoms. The van der Waals surface area contributed by atoms with Gasteiger partial charge in [-0.3, -0.25) is 15.1 Å². The molecule has 1 aliphatic heterocycles. The highest BCUT2D eigenvalue weighted by Crippen LogP contribution is 2.65. The van der Waals surface area contributed by atoms with Crippen LogP contribution in [0, 0.1) is 34.5 Å². The van der Waals surface area contributed by atoms with E-state index in [0.29, 0.717) is 35.7 Å². The van der Waals surface area contributed by atoms with E-state index in [4.69, 9.17) is 4.84 Å². The van der Waals surface area contributed by atoms with Gasteiger partial charge < -0.3 is 5.32 Å². The molecular formula is C24H38N2O2. The van der Waals surface area contributed by atoms with Gasteiger partial charge in [-0.2, -0.15) is 0 Å². The molecule has 0 aromatic heterocycles. The molecule has 4 nitrogen and oxygen atoms in total. The van der Waals surface area contributed by atoms with Gasteiger partial charge in [0.2, 0.25) is 0 Å². The number of nitrogens with one attached hydrogen (secondary N) is 2. The lowest BCUT2D eigenvalue weighted by Gasteiger charge is -2.58. The van der Waals surface area contributed by atoms with Gasteiger partial charge in [0.15, 0.2) is 5.78 Å². The van der Waals surface area contributed by atoms with E-state index in [1.165, 1.54) is 57.8 Å². The molecule has 4 aliphatic carbocycles. The zero-order valence-corrected chi connectivity index (χ0v) is 17.8. The Labute approximate surface area is 170 Å². The topological polar surface area (TPSA) is 50.4 Å². The minimum Gasteiger partial charge on any atom is -0.312 e. The van der Waals surface area contributed by atoms with Gasteiger partial charge in [-0.1, -0.05) is 20.3 Å². The first-order chi connectivity index (χ1) is 13.5. The molecule has 0 spiro atoms. The Morgan fingerprint density at radius 3 is 2.82 bits per heavy atom. The predicted octanol–water partition coefficient (Wildman–Crippen LogP) is 4.37. The van der Waals surface area contributed by atoms with Crippen LogP contribution in [-0.4, -0.2) is 25.0 Å². The van der Waals surface area contributed by atoms with Gasteiger partial charge in [0.25, 0.3) is 0 Å². The molecule has 28 heavy (non-hydrogen) atoms. The standard InChI is InChI=1S/C24H38N2O2/c1-23-10-3-6-20(23)19-8-7-16-13-18(26-28-15-17-5-4-12-25-17)14-22(27)24(16,2)21(19)9-11-23/h14,16-17,19-21,25-26H,3-13,15H2,1-2H3/t16?,17?,19?,20?,21?,23-,24-/m0/s1. The lowest BCUT2D eigenvalue weighted by atomic mass is 9.45. The third-order valence-electron chi connectivity index (χ3n) is 9.64. The minimum atomic E-state index is -0.148. The number of carbonyl (C=O) groups is 1. The van der Waals surface area contributed by atoms with E-state index in [1.54, 1.807) is 0 Å². The summed E-state index contributed by atoms with van der Waals surface area (Å²) in [6.07, 6.45) is 14.6. The van der Waals surface area contributed by atoms with E-state index in [2.05, 4.69) is 24.6 Å². The number of ketones is 1. The van der Waals surface area contributed by atoms with Crippen LogP contribution in [0.3, 0.4) is 0 Å². The Bertz CT molecular complexity index is 655. The largest absolute Gasteiger partial charge is 0.312 e. The van der Waals surface area contributed by atoms with Crippen LogP contribution >= 0.6 is 0 Å². The van der Waals surface area contributed by atoms with Crippen molar-refractivity contribution in [3.63, 3.8) is 0 Å². The van der Waals surface area contributed by atoms with Crippen molar-refractivity contribution in [2.24, 2.45) is 34.5 Å². The molecule has 5 aliphatic rings. The number of rotatable bonds is 4. The number of allylic oxidation sites excluding steroid dienone is 2. The fourth-order valence-corrected chi connectivity index (χ4v) is 7.97. The summed E-state index contributed by atoms with van der Waals surface area (Å²) in [5, 5.41) is 3.46. The third-order valence-corrected chi connectivity index (χ3v) is 9.64. The first kappa shape index (κ1) is 19.1. The molecule has 1 saturated heterocycles. The van der Waals surface area contributed by atoms with Crippen molar-refractivity contribution >= 4 is 5.78 Å². The van der Waals surface area contributed by atoms with Gasteiger partial charge in [0.05, 0.1) is 6.61 Å². The van der Waals surface area contributed by atoms with E-state index in [9.17, 15) is 4.79 Å². The normalized spacial score (nSPS) is 47.9. The first-order valence-corrected chi connectivity index (χ1v) is 11.9. The zero-order valence-electron chi connectivity index (χ0n) is 17.8. The fraction of sp³-hybridized carbons (Fsp3) is 0.875. The second-order valence-corrected chi connectivity index (χ2v) is 11.0. The molecule has 2 N–H and O–H groups in total. The average Bonchev–Trinajstić information content (AvgIpc) is 3.32. The van der Waals surface area contributed by atoms with E-state index < -0.39 is 0 Å². The van der Waals surface area contributed by atoms with E-state index in [0.717, 1.165) is 30.5 Å². The van der Waals surface area contributed by atoms with Gasteiger partial charge in [-0.25, -0.2) is 0 Å². The van der Waals surface area contributed by atoms with Gasteiger partial charge >= 0.3 is 0 Å². The third kappa shape index (κ3) is 2.98. The summed E-state index contributed by atoms with van der Waals surface area (Å²) in [6.45, 7) is 6.62. The Morgan fingerprint density at radius 1 is 1.11 bits per heavy atom. The van der Waals surface area contributed by atoms with Gasteiger partial charge in [-0.05, 0) is 93.4 Å². The number of carbonyl (C=O) groups excluding carboxylic acids is 1. The smallest absolute Gasteiger partial charge is 0.163 e. The zero-order chi connectivity index (χ0) is 19.4. The average molecular weight is 387 g/mol. The van der Waals surface area contributed by atoms with Crippen molar-refractivity contribution < 1.29 is 9.63 Å². The van der Waals surface area contributed by atoms with Gasteiger partial charge in [-0.15, -0.1) is 0 Å². The van der Waals surface area contributed by atoms with Crippen LogP contribution in [0.15, 0.2) is 11.8 Å². The molecule has 1 heterocycles. The second kappa shape index (κ2) is 7.12. The first-order valence-electron chi connectivity index (χ1n) is 11.9. The molecular weight excluding hydrogens is 348 g/mol. The molecule has 0 radical (unpaired) electrons. The van der Waals surface area contributed by atoms with Crippen LogP contribution in [0.25, 0.3) is 0 Å². The maximum absolute atomic E-state index is 13.4. The molecule has 0 bridgehead atoms. The summed E-state index contributed by atoms with van der Waals surface area (Å²) in [5.41, 5.74) is 4.56. The molecule has 0 aromatic rings. The highest BCUT2D eigenvalue weighted by Gasteiger charge is 2.59. The maximum Gasteiger partial charge on any atom is 0.163 e. The van der Waals surface area contributed by atoms with Crippen molar-refractivity contribution in [1.29, 1.82) is 0 Å². The molecule has 5 unspecified atom stereocenters. The molecule has 0 aromatic carbocycles. The second-order valence-electron chi connectivity index (χ2n) is 11.0. The molecule has 7 atom stereocenters. The Balaban J connectivity index is 1.29. The number of hydroxylamine groups is 1. The Morgan fingerprint density at radius 2 is 2.00 bits per heavy atom. The lowest BCUT2D eigenvalue weighted by molar-refractivity contribution is -0.146. The monoisotopic (exact) mass is 386 g/mol. The highest BCUT2D eigenvalue weighted by atomic mass is 16.6. The quantitative estimate of drug-likeness (QED) is 0.705. The van der Waals surface area contributed by atoms with Crippen LogP contribution in [0.4, 0.5) is 0 Å². The molecule has 5 rings (SSSR count). The van der Waals surface area contributed by atoms with E-state index in [1.807, 2.05) is 6.08 Å². The maximum atomic E-state index is 13.4. The van der Waals surface area contributed by atoms with Crippen LogP contribution in [0.5, 0.6) is 0 Å². The van der Waals surface area contributed by atoms with E-state index >= 15 is 0 Å². The van der Waals surface area contributed by atoms with E-state index in [-0.39, 0.29) is 5.41 Å². The summed E-state index contributed by atoms with van der Waals surface area (Å²) in [4.78, 5) is 19.2. The molecule has 156 valence electrons. The predicted molar refractivity (Wildman–Crippen MR) is 110 cm³/mol. The van der Waals surface area contributed by atoms with Gasteiger partial charge in [0, 0.05) is 23.2 Å². The minimum absolute atomic E-state index is 0.148. The summed E-state index contributed by atoms with van der Waals surface area (Å²) in [7, 11) is 0. The number of hydrogen-bond acceptors (Lipinski definition) is 4. The van der Waals surface area contributed by atoms with Crippen molar-refractivity contribution in [3.8, 4) is 0 Å². The summed E-state index contributed by atoms with van der Waals surface area (Å²) >= 11 is 0. The van der Waals surface area contributed by atoms with Crippen molar-refractivity contribution in [2.45, 2.75) is 84.1 Å². The number of hydrogen-bond donors (Lipinski definition) is 2. The van der Waals surface area contributed by atoms with Crippen LogP contribution in [0.1, 0.15) is 78.1 Å². The lowest BCUT2D eigenvalue weighted by Crippen LogP contribution is -2.55. The summed E-state index contributed by atoms with van der Waals surface area (Å²) < 4.78 is 0. The van der Waals surface area contributed by atoms with Crippen molar-refractivity contribution in [3.05, 3.63) is 11.8 Å². The highest BCUT2D eigenvalue weighted by molar-refractivity contribution is 5.96. The van der Waals surface area contributed by atoms with Crippen molar-refractivity contribution in [1.82, 2.24) is 10.8 Å². The molecule has 0 amide bonds. The molecule has 4 fully saturated rings. The fourth-order valence-electron chi connectivity index (χ4n) is 7.97. The Hall–Kier alpha value is -0.870. The van der Waals surface area contributed by atoms with Crippen molar-refractivity contribution in [2.75, 3.05) is 13.2 Å². The SMILES string of the molecule is C[C@@]12CCCC1C1CCC3CC(NOCC4CCCN4)=CC(=O)[C@]3(C)C1CC2. The summed E-state index contributed by atoms with van der Waals surface area (Å²) in [6, 6.07) is 0.455.